The van der Waals surface area contributed by atoms with Gasteiger partial charge in [0.05, 0.1) is 18.8 Å². The summed E-state index contributed by atoms with van der Waals surface area (Å²) < 4.78 is 5.67. The Bertz CT molecular complexity index is 808. The number of guanidine groups is 1. The van der Waals surface area contributed by atoms with Gasteiger partial charge in [-0.25, -0.2) is 0 Å². The van der Waals surface area contributed by atoms with E-state index in [1.807, 2.05) is 19.1 Å². The number of hydrogen-bond acceptors (Lipinski definition) is 4. The smallest absolute Gasteiger partial charge is 0.251 e. The molecule has 3 N–H and O–H groups in total. The maximum Gasteiger partial charge on any atom is 0.251 e. The van der Waals surface area contributed by atoms with E-state index >= 15 is 0 Å². The molecule has 1 aliphatic rings. The van der Waals surface area contributed by atoms with Gasteiger partial charge >= 0.3 is 0 Å². The van der Waals surface area contributed by atoms with E-state index in [0.717, 1.165) is 31.4 Å². The van der Waals surface area contributed by atoms with Crippen molar-refractivity contribution in [3.05, 3.63) is 59.0 Å². The lowest BCUT2D eigenvalue weighted by Crippen LogP contribution is -2.42. The van der Waals surface area contributed by atoms with Gasteiger partial charge in [-0.15, -0.1) is 24.0 Å². The molecule has 1 fully saturated rings. The van der Waals surface area contributed by atoms with Crippen LogP contribution < -0.4 is 16.0 Å². The van der Waals surface area contributed by atoms with Crippen LogP contribution in [0.2, 0.25) is 5.02 Å². The van der Waals surface area contributed by atoms with Crippen LogP contribution in [0.5, 0.6) is 0 Å². The van der Waals surface area contributed by atoms with Gasteiger partial charge in [0, 0.05) is 30.2 Å². The molecule has 1 saturated heterocycles. The molecule has 1 aromatic heterocycles. The Morgan fingerprint density at radius 3 is 2.48 bits per heavy atom. The topological polar surface area (TPSA) is 81.9 Å². The number of carbonyl (C=O) groups is 1. The van der Waals surface area contributed by atoms with E-state index in [2.05, 4.69) is 20.9 Å². The van der Waals surface area contributed by atoms with Gasteiger partial charge in [-0.3, -0.25) is 14.7 Å². The largest absolute Gasteiger partial charge is 0.468 e. The predicted molar refractivity (Wildman–Crippen MR) is 135 cm³/mol. The summed E-state index contributed by atoms with van der Waals surface area (Å²) in [6, 6.07) is 10.9. The lowest BCUT2D eigenvalue weighted by atomic mass is 10.2. The fraction of sp³-hybridized carbons (Fsp3) is 0.455. The van der Waals surface area contributed by atoms with Gasteiger partial charge in [0.1, 0.15) is 5.76 Å². The minimum Gasteiger partial charge on any atom is -0.468 e. The van der Waals surface area contributed by atoms with E-state index in [9.17, 15) is 4.79 Å². The fourth-order valence-electron chi connectivity index (χ4n) is 3.50. The van der Waals surface area contributed by atoms with Gasteiger partial charge in [-0.2, -0.15) is 0 Å². The van der Waals surface area contributed by atoms with Crippen molar-refractivity contribution in [2.45, 2.75) is 25.8 Å². The zero-order valence-corrected chi connectivity index (χ0v) is 20.9. The van der Waals surface area contributed by atoms with Gasteiger partial charge in [-0.1, -0.05) is 11.6 Å². The third-order valence-electron chi connectivity index (χ3n) is 5.03. The number of rotatable bonds is 9. The number of aliphatic imine (C=N–C) groups is 1. The second-order valence-corrected chi connectivity index (χ2v) is 7.62. The Labute approximate surface area is 206 Å². The van der Waals surface area contributed by atoms with E-state index in [0.29, 0.717) is 30.2 Å². The molecule has 9 heteroatoms. The van der Waals surface area contributed by atoms with Crippen molar-refractivity contribution < 1.29 is 9.21 Å². The van der Waals surface area contributed by atoms with Crippen LogP contribution in [0.1, 0.15) is 41.9 Å². The van der Waals surface area contributed by atoms with Crippen LogP contribution >= 0.6 is 35.6 Å². The van der Waals surface area contributed by atoms with Crippen LogP contribution in [0, 0.1) is 0 Å². The zero-order chi connectivity index (χ0) is 21.2. The summed E-state index contributed by atoms with van der Waals surface area (Å²) in [4.78, 5) is 19.4. The molecule has 3 rings (SSSR count). The van der Waals surface area contributed by atoms with Crippen LogP contribution in [0.25, 0.3) is 0 Å². The van der Waals surface area contributed by atoms with Crippen LogP contribution in [-0.2, 0) is 0 Å². The first-order valence-electron chi connectivity index (χ1n) is 10.5. The van der Waals surface area contributed by atoms with Gasteiger partial charge in [0.15, 0.2) is 5.96 Å². The summed E-state index contributed by atoms with van der Waals surface area (Å²) in [7, 11) is 0. The Hall–Kier alpha value is -1.78. The number of furan rings is 1. The molecule has 7 nitrogen and oxygen atoms in total. The lowest BCUT2D eigenvalue weighted by Gasteiger charge is -2.24. The average Bonchev–Trinajstić information content (AvgIpc) is 3.46. The summed E-state index contributed by atoms with van der Waals surface area (Å²) >= 11 is 5.86. The van der Waals surface area contributed by atoms with Crippen molar-refractivity contribution in [2.24, 2.45) is 4.99 Å². The molecule has 170 valence electrons. The van der Waals surface area contributed by atoms with Crippen molar-refractivity contribution in [1.29, 1.82) is 0 Å². The standard InChI is InChI=1S/C22H30ClN5O2.HI/c1-2-24-22(26-12-11-25-21(29)17-7-9-18(23)10-8-17)27-16-19(20-6-5-15-30-20)28-13-3-4-14-28;/h5-10,15,19H,2-4,11-14,16H2,1H3,(H,25,29)(H2,24,26,27);1H. The van der Waals surface area contributed by atoms with Crippen LogP contribution in [0.4, 0.5) is 0 Å². The van der Waals surface area contributed by atoms with Crippen LogP contribution in [0.3, 0.4) is 0 Å². The highest BCUT2D eigenvalue weighted by Gasteiger charge is 2.25. The predicted octanol–water partition coefficient (Wildman–Crippen LogP) is 3.67. The van der Waals surface area contributed by atoms with Gasteiger partial charge in [-0.05, 0) is 69.3 Å². The summed E-state index contributed by atoms with van der Waals surface area (Å²) in [6.45, 7) is 6.60. The molecule has 1 atom stereocenters. The molecule has 0 aliphatic carbocycles. The molecule has 31 heavy (non-hydrogen) atoms. The Morgan fingerprint density at radius 1 is 1.13 bits per heavy atom. The Kier molecular flexibility index (Phi) is 11.2. The molecule has 2 heterocycles. The molecule has 0 bridgehead atoms. The van der Waals surface area contributed by atoms with Crippen molar-refractivity contribution in [1.82, 2.24) is 20.9 Å². The van der Waals surface area contributed by atoms with E-state index in [-0.39, 0.29) is 35.9 Å². The Morgan fingerprint density at radius 2 is 1.84 bits per heavy atom. The molecule has 1 unspecified atom stereocenters. The summed E-state index contributed by atoms with van der Waals surface area (Å²) in [5.74, 6) is 1.56. The number of likely N-dealkylation sites (tertiary alicyclic amines) is 1. The highest BCUT2D eigenvalue weighted by atomic mass is 127. The summed E-state index contributed by atoms with van der Waals surface area (Å²) in [5.41, 5.74) is 0.590. The molecule has 0 spiro atoms. The first-order chi connectivity index (χ1) is 14.7. The average molecular weight is 560 g/mol. The fourth-order valence-corrected chi connectivity index (χ4v) is 3.63. The summed E-state index contributed by atoms with van der Waals surface area (Å²) in [5, 5.41) is 10.1. The molecule has 1 amide bonds. The molecule has 1 aromatic carbocycles. The van der Waals surface area contributed by atoms with Crippen molar-refractivity contribution in [2.75, 3.05) is 39.3 Å². The normalized spacial score (nSPS) is 15.2. The number of benzene rings is 1. The summed E-state index contributed by atoms with van der Waals surface area (Å²) in [6.07, 6.45) is 4.15. The van der Waals surface area contributed by atoms with E-state index in [4.69, 9.17) is 21.0 Å². The van der Waals surface area contributed by atoms with E-state index in [1.54, 1.807) is 30.5 Å². The van der Waals surface area contributed by atoms with Gasteiger partial charge < -0.3 is 20.4 Å². The zero-order valence-electron chi connectivity index (χ0n) is 17.8. The van der Waals surface area contributed by atoms with E-state index < -0.39 is 0 Å². The van der Waals surface area contributed by atoms with Crippen LogP contribution in [-0.4, -0.2) is 56.0 Å². The molecule has 0 saturated carbocycles. The number of amides is 1. The molecule has 1 aliphatic heterocycles. The number of halogens is 2. The van der Waals surface area contributed by atoms with Gasteiger partial charge in [0.2, 0.25) is 0 Å². The first-order valence-corrected chi connectivity index (χ1v) is 10.9. The maximum atomic E-state index is 12.2. The number of hydrogen-bond donors (Lipinski definition) is 3. The number of carbonyl (C=O) groups excluding carboxylic acids is 1. The Balaban J connectivity index is 0.00000341. The maximum absolute atomic E-state index is 12.2. The minimum atomic E-state index is -0.123. The van der Waals surface area contributed by atoms with Crippen LogP contribution in [0.15, 0.2) is 52.1 Å². The highest BCUT2D eigenvalue weighted by molar-refractivity contribution is 14.0. The van der Waals surface area contributed by atoms with Crippen molar-refractivity contribution >= 4 is 47.4 Å². The molecule has 0 radical (unpaired) electrons. The first kappa shape index (κ1) is 25.5. The van der Waals surface area contributed by atoms with E-state index in [1.165, 1.54) is 12.8 Å². The third kappa shape index (κ3) is 8.01. The number of nitrogens with zero attached hydrogens (tertiary/aromatic N) is 2. The second kappa shape index (κ2) is 13.6. The lowest BCUT2D eigenvalue weighted by molar-refractivity contribution is 0.0954. The third-order valence-corrected chi connectivity index (χ3v) is 5.28. The highest BCUT2D eigenvalue weighted by Crippen LogP contribution is 2.25. The van der Waals surface area contributed by atoms with Crippen molar-refractivity contribution in [3.63, 3.8) is 0 Å². The molecular formula is C22H31ClIN5O2. The second-order valence-electron chi connectivity index (χ2n) is 7.18. The van der Waals surface area contributed by atoms with Gasteiger partial charge in [0.25, 0.3) is 5.91 Å². The number of nitrogens with one attached hydrogen (secondary N) is 3. The minimum absolute atomic E-state index is 0. The molecule has 2 aromatic rings. The quantitative estimate of drug-likeness (QED) is 0.189. The monoisotopic (exact) mass is 559 g/mol. The SMILES string of the molecule is CCNC(=NCC(c1ccco1)N1CCCC1)NCCNC(=O)c1ccc(Cl)cc1.I. The molecular weight excluding hydrogens is 529 g/mol. The van der Waals surface area contributed by atoms with Crippen molar-refractivity contribution in [3.8, 4) is 0 Å².